The van der Waals surface area contributed by atoms with E-state index in [0.717, 1.165) is 6.42 Å². The number of hydrogen-bond donors (Lipinski definition) is 2. The molecular formula is C16H35O8. The van der Waals surface area contributed by atoms with Gasteiger partial charge in [0.1, 0.15) is 13.2 Å². The van der Waals surface area contributed by atoms with Gasteiger partial charge in [0.15, 0.2) is 0 Å². The maximum Gasteiger partial charge on any atom is 0.106 e. The zero-order chi connectivity index (χ0) is 18.1. The summed E-state index contributed by atoms with van der Waals surface area (Å²) in [6.07, 6.45) is 2.28. The Morgan fingerprint density at radius 1 is 0.583 bits per heavy atom. The van der Waals surface area contributed by atoms with Gasteiger partial charge >= 0.3 is 0 Å². The summed E-state index contributed by atoms with van der Waals surface area (Å²) in [5, 5.41) is 16.9. The van der Waals surface area contributed by atoms with Gasteiger partial charge < -0.3 is 29.2 Å². The molecule has 0 aromatic carbocycles. The van der Waals surface area contributed by atoms with Crippen molar-refractivity contribution in [3.05, 3.63) is 6.92 Å². The summed E-state index contributed by atoms with van der Waals surface area (Å²) < 4.78 is 20.4. The first kappa shape index (κ1) is 25.9. The normalized spacial score (nSPS) is 10.5. The molecule has 0 saturated carbocycles. The van der Waals surface area contributed by atoms with Crippen LogP contribution in [0.5, 0.6) is 0 Å². The van der Waals surface area contributed by atoms with Crippen LogP contribution in [0.4, 0.5) is 0 Å². The molecule has 0 rings (SSSR count). The molecule has 0 aliphatic rings. The molecule has 0 aliphatic heterocycles. The van der Waals surface area contributed by atoms with Crippen molar-refractivity contribution in [3.8, 4) is 0 Å². The van der Waals surface area contributed by atoms with Gasteiger partial charge in [0, 0.05) is 0 Å². The Kier molecular flexibility index (Phi) is 29.7. The molecule has 0 unspecified atom stereocenters. The number of aliphatic hydroxyl groups excluding tert-OH is 2. The second-order valence-electron chi connectivity index (χ2n) is 4.39. The first-order chi connectivity index (χ1) is 11.8. The summed E-state index contributed by atoms with van der Waals surface area (Å²) >= 11 is 0. The lowest BCUT2D eigenvalue weighted by atomic mass is 10.4. The Bertz CT molecular complexity index is 175. The van der Waals surface area contributed by atoms with Crippen LogP contribution in [0.15, 0.2) is 0 Å². The van der Waals surface area contributed by atoms with Crippen LogP contribution in [0.1, 0.15) is 19.8 Å². The molecule has 8 nitrogen and oxygen atoms in total. The molecule has 0 fully saturated rings. The Morgan fingerprint density at radius 3 is 1.17 bits per heavy atom. The molecule has 147 valence electrons. The number of rotatable bonds is 18. The molecule has 24 heavy (non-hydrogen) atoms. The number of hydrogen-bond acceptors (Lipinski definition) is 8. The quantitative estimate of drug-likeness (QED) is 0.210. The molecule has 0 saturated heterocycles. The molecule has 0 heterocycles. The van der Waals surface area contributed by atoms with Crippen LogP contribution in [0.25, 0.3) is 0 Å². The topological polar surface area (TPSA) is 95.8 Å². The lowest BCUT2D eigenvalue weighted by Crippen LogP contribution is -2.13. The average molecular weight is 355 g/mol. The second kappa shape index (κ2) is 27.5. The number of ether oxygens (including phenoxy) is 4. The summed E-state index contributed by atoms with van der Waals surface area (Å²) in [5.41, 5.74) is 0. The number of unbranched alkanes of at least 4 members (excludes halogenated alkanes) is 1. The highest BCUT2D eigenvalue weighted by Gasteiger charge is 1.93. The minimum Gasteiger partial charge on any atom is -0.394 e. The maximum atomic E-state index is 8.45. The van der Waals surface area contributed by atoms with Crippen LogP contribution in [0.3, 0.4) is 0 Å². The minimum absolute atomic E-state index is 0.0204. The van der Waals surface area contributed by atoms with E-state index >= 15 is 0 Å². The third-order valence-electron chi connectivity index (χ3n) is 2.27. The van der Waals surface area contributed by atoms with E-state index in [-0.39, 0.29) is 13.2 Å². The number of aliphatic hydroxyl groups is 2. The van der Waals surface area contributed by atoms with Gasteiger partial charge in [-0.1, -0.05) is 26.7 Å². The van der Waals surface area contributed by atoms with Crippen LogP contribution >= 0.6 is 0 Å². The van der Waals surface area contributed by atoms with E-state index in [2.05, 4.69) is 13.8 Å². The molecule has 0 aromatic rings. The predicted octanol–water partition coefficient (Wildman–Crippen LogP) is 0.606. The van der Waals surface area contributed by atoms with E-state index in [9.17, 15) is 0 Å². The van der Waals surface area contributed by atoms with Gasteiger partial charge in [0.2, 0.25) is 0 Å². The Morgan fingerprint density at radius 2 is 0.875 bits per heavy atom. The van der Waals surface area contributed by atoms with E-state index in [1.165, 1.54) is 6.42 Å². The Labute approximate surface area is 145 Å². The van der Waals surface area contributed by atoms with Crippen LogP contribution in [-0.2, 0) is 28.7 Å². The molecule has 1 radical (unpaired) electrons. The summed E-state index contributed by atoms with van der Waals surface area (Å²) in [6, 6.07) is 0. The average Bonchev–Trinajstić information content (AvgIpc) is 2.61. The van der Waals surface area contributed by atoms with Crippen molar-refractivity contribution in [1.82, 2.24) is 0 Å². The molecular weight excluding hydrogens is 320 g/mol. The molecule has 2 N–H and O–H groups in total. The standard InChI is InChI=1S/C12H26O8.C4H9/c13-1-3-15-5-7-17-9-11-19-20-12-10-18-8-6-16-4-2-14;1-3-4-2/h13-14H,1-12H2;1,3-4H2,2H3. The van der Waals surface area contributed by atoms with E-state index < -0.39 is 0 Å². The van der Waals surface area contributed by atoms with E-state index in [0.29, 0.717) is 66.1 Å². The SMILES string of the molecule is OCCOCCOCCOOCCOCCOCCO.[CH2]CCC. The first-order valence-electron chi connectivity index (χ1n) is 8.39. The van der Waals surface area contributed by atoms with Crippen LogP contribution in [0.2, 0.25) is 0 Å². The molecule has 0 bridgehead atoms. The predicted molar refractivity (Wildman–Crippen MR) is 89.6 cm³/mol. The first-order valence-corrected chi connectivity index (χ1v) is 8.39. The van der Waals surface area contributed by atoms with E-state index in [1.54, 1.807) is 0 Å². The van der Waals surface area contributed by atoms with E-state index in [1.807, 2.05) is 0 Å². The molecule has 0 aliphatic carbocycles. The molecule has 0 amide bonds. The smallest absolute Gasteiger partial charge is 0.106 e. The zero-order valence-electron chi connectivity index (χ0n) is 15.0. The van der Waals surface area contributed by atoms with Crippen molar-refractivity contribution in [2.45, 2.75) is 19.8 Å². The monoisotopic (exact) mass is 355 g/mol. The molecule has 0 aromatic heterocycles. The van der Waals surface area contributed by atoms with Crippen molar-refractivity contribution in [2.24, 2.45) is 0 Å². The lowest BCUT2D eigenvalue weighted by molar-refractivity contribution is -0.303. The largest absolute Gasteiger partial charge is 0.394 e. The van der Waals surface area contributed by atoms with Crippen LogP contribution < -0.4 is 0 Å². The fraction of sp³-hybridized carbons (Fsp3) is 0.938. The highest BCUT2D eigenvalue weighted by Crippen LogP contribution is 1.84. The fourth-order valence-corrected chi connectivity index (χ4v) is 1.08. The fourth-order valence-electron chi connectivity index (χ4n) is 1.08. The summed E-state index contributed by atoms with van der Waals surface area (Å²) in [7, 11) is 0. The molecule has 0 spiro atoms. The van der Waals surface area contributed by atoms with Crippen molar-refractivity contribution in [2.75, 3.05) is 79.3 Å². The minimum atomic E-state index is 0.0204. The Balaban J connectivity index is 0. The molecule has 8 heteroatoms. The summed E-state index contributed by atoms with van der Waals surface area (Å²) in [5.74, 6) is 0. The van der Waals surface area contributed by atoms with Gasteiger partial charge in [-0.05, 0) is 0 Å². The van der Waals surface area contributed by atoms with Crippen molar-refractivity contribution < 1.29 is 38.9 Å². The Hall–Kier alpha value is -0.320. The van der Waals surface area contributed by atoms with E-state index in [4.69, 9.17) is 38.9 Å². The van der Waals surface area contributed by atoms with Gasteiger partial charge in [0.05, 0.1) is 66.1 Å². The van der Waals surface area contributed by atoms with Gasteiger partial charge in [0.25, 0.3) is 0 Å². The van der Waals surface area contributed by atoms with Gasteiger partial charge in [-0.15, -0.1) is 0 Å². The van der Waals surface area contributed by atoms with Crippen molar-refractivity contribution >= 4 is 0 Å². The van der Waals surface area contributed by atoms with Gasteiger partial charge in [-0.25, -0.2) is 9.78 Å². The molecule has 0 atom stereocenters. The van der Waals surface area contributed by atoms with Gasteiger partial charge in [-0.2, -0.15) is 0 Å². The lowest BCUT2D eigenvalue weighted by Gasteiger charge is -2.07. The highest BCUT2D eigenvalue weighted by atomic mass is 17.2. The zero-order valence-corrected chi connectivity index (χ0v) is 15.0. The second-order valence-corrected chi connectivity index (χ2v) is 4.39. The van der Waals surface area contributed by atoms with Crippen molar-refractivity contribution in [1.29, 1.82) is 0 Å². The maximum absolute atomic E-state index is 8.45. The van der Waals surface area contributed by atoms with Gasteiger partial charge in [-0.3, -0.25) is 0 Å². The third-order valence-corrected chi connectivity index (χ3v) is 2.27. The third kappa shape index (κ3) is 29.7. The summed E-state index contributed by atoms with van der Waals surface area (Å²) in [4.78, 5) is 9.71. The van der Waals surface area contributed by atoms with Crippen molar-refractivity contribution in [3.63, 3.8) is 0 Å². The highest BCUT2D eigenvalue weighted by molar-refractivity contribution is 4.33. The summed E-state index contributed by atoms with van der Waals surface area (Å²) in [6.45, 7) is 9.74. The van der Waals surface area contributed by atoms with Crippen LogP contribution in [0, 0.1) is 6.92 Å². The van der Waals surface area contributed by atoms with Crippen LogP contribution in [-0.4, -0.2) is 89.5 Å².